The molecule has 18 heavy (non-hydrogen) atoms. The maximum absolute atomic E-state index is 11.2. The van der Waals surface area contributed by atoms with Crippen molar-refractivity contribution in [2.24, 2.45) is 0 Å². The number of rotatable bonds is 4. The third-order valence-electron chi connectivity index (χ3n) is 2.81. The first kappa shape index (κ1) is 12.3. The summed E-state index contributed by atoms with van der Waals surface area (Å²) in [4.78, 5) is 10.7. The summed E-state index contributed by atoms with van der Waals surface area (Å²) in [6, 6.07) is 16.1. The minimum atomic E-state index is -1.15. The van der Waals surface area contributed by atoms with Crippen molar-refractivity contribution >= 4 is 0 Å². The summed E-state index contributed by atoms with van der Waals surface area (Å²) < 4.78 is 0. The number of nitrogens with zero attached hydrogens (tertiary/aromatic N) is 1. The number of aliphatic hydroxyl groups excluding tert-OH is 1. The zero-order valence-electron chi connectivity index (χ0n) is 9.64. The van der Waals surface area contributed by atoms with Crippen LogP contribution in [0.25, 0.3) is 0 Å². The van der Waals surface area contributed by atoms with E-state index in [4.69, 9.17) is 0 Å². The molecule has 2 unspecified atom stereocenters. The third-order valence-corrected chi connectivity index (χ3v) is 2.81. The molecular weight excluding hydrogens is 230 g/mol. The Kier molecular flexibility index (Phi) is 3.69. The summed E-state index contributed by atoms with van der Waals surface area (Å²) in [7, 11) is 0. The van der Waals surface area contributed by atoms with Gasteiger partial charge in [-0.2, -0.15) is 0 Å². The van der Waals surface area contributed by atoms with Crippen molar-refractivity contribution in [3.63, 3.8) is 0 Å². The highest BCUT2D eigenvalue weighted by molar-refractivity contribution is 5.24. The van der Waals surface area contributed by atoms with Crippen molar-refractivity contribution < 1.29 is 10.0 Å². The van der Waals surface area contributed by atoms with Crippen LogP contribution in [0, 0.1) is 10.1 Å². The van der Waals surface area contributed by atoms with Crippen LogP contribution in [0.15, 0.2) is 60.7 Å². The highest BCUT2D eigenvalue weighted by atomic mass is 16.6. The maximum Gasteiger partial charge on any atom is 0.267 e. The molecular formula is C14H13NO3. The Hall–Kier alpha value is -2.20. The molecule has 92 valence electrons. The van der Waals surface area contributed by atoms with E-state index in [1.807, 2.05) is 0 Å². The van der Waals surface area contributed by atoms with Crippen molar-refractivity contribution in [2.45, 2.75) is 12.1 Å². The lowest BCUT2D eigenvalue weighted by Crippen LogP contribution is -2.19. The Balaban J connectivity index is 2.35. The molecule has 4 heteroatoms. The molecule has 2 aromatic rings. The van der Waals surface area contributed by atoms with Crippen molar-refractivity contribution in [1.82, 2.24) is 0 Å². The molecule has 0 amide bonds. The first-order valence-electron chi connectivity index (χ1n) is 5.61. The Morgan fingerprint density at radius 3 is 1.78 bits per heavy atom. The molecule has 0 bridgehead atoms. The van der Waals surface area contributed by atoms with Gasteiger partial charge in [-0.25, -0.2) is 0 Å². The van der Waals surface area contributed by atoms with Gasteiger partial charge in [0.25, 0.3) is 6.04 Å². The van der Waals surface area contributed by atoms with E-state index in [9.17, 15) is 15.2 Å². The molecule has 2 rings (SSSR count). The van der Waals surface area contributed by atoms with Gasteiger partial charge in [-0.1, -0.05) is 60.7 Å². The lowest BCUT2D eigenvalue weighted by atomic mass is 9.96. The average molecular weight is 243 g/mol. The Labute approximate surface area is 105 Å². The van der Waals surface area contributed by atoms with Gasteiger partial charge in [0, 0.05) is 10.5 Å². The molecule has 0 heterocycles. The van der Waals surface area contributed by atoms with Gasteiger partial charge in [-0.05, 0) is 5.56 Å². The highest BCUT2D eigenvalue weighted by Crippen LogP contribution is 2.30. The van der Waals surface area contributed by atoms with E-state index in [-0.39, 0.29) is 0 Å². The van der Waals surface area contributed by atoms with E-state index in [0.29, 0.717) is 11.1 Å². The van der Waals surface area contributed by atoms with Crippen molar-refractivity contribution in [3.05, 3.63) is 81.9 Å². The Morgan fingerprint density at radius 1 is 0.889 bits per heavy atom. The molecule has 0 aliphatic heterocycles. The smallest absolute Gasteiger partial charge is 0.267 e. The number of hydrogen-bond acceptors (Lipinski definition) is 3. The highest BCUT2D eigenvalue weighted by Gasteiger charge is 2.32. The molecule has 0 saturated heterocycles. The molecule has 2 atom stereocenters. The van der Waals surface area contributed by atoms with Crippen LogP contribution < -0.4 is 0 Å². The van der Waals surface area contributed by atoms with Gasteiger partial charge in [-0.15, -0.1) is 0 Å². The average Bonchev–Trinajstić information content (AvgIpc) is 2.40. The fourth-order valence-corrected chi connectivity index (χ4v) is 1.90. The molecule has 0 aliphatic carbocycles. The largest absolute Gasteiger partial charge is 0.381 e. The van der Waals surface area contributed by atoms with Crippen LogP contribution >= 0.6 is 0 Å². The summed E-state index contributed by atoms with van der Waals surface area (Å²) in [6.07, 6.45) is -1.15. The molecule has 4 nitrogen and oxygen atoms in total. The topological polar surface area (TPSA) is 63.4 Å². The zero-order valence-corrected chi connectivity index (χ0v) is 9.64. The normalized spacial score (nSPS) is 13.8. The first-order chi connectivity index (χ1) is 8.70. The Bertz CT molecular complexity index is 513. The first-order valence-corrected chi connectivity index (χ1v) is 5.61. The predicted molar refractivity (Wildman–Crippen MR) is 67.6 cm³/mol. The summed E-state index contributed by atoms with van der Waals surface area (Å²) >= 11 is 0. The van der Waals surface area contributed by atoms with Crippen molar-refractivity contribution in [2.75, 3.05) is 0 Å². The van der Waals surface area contributed by atoms with E-state index in [2.05, 4.69) is 0 Å². The van der Waals surface area contributed by atoms with Crippen LogP contribution in [0.5, 0.6) is 0 Å². The molecule has 0 aliphatic rings. The summed E-state index contributed by atoms with van der Waals surface area (Å²) in [6.45, 7) is 0. The number of nitro groups is 1. The van der Waals surface area contributed by atoms with E-state index < -0.39 is 17.1 Å². The summed E-state index contributed by atoms with van der Waals surface area (Å²) in [5, 5.41) is 21.3. The van der Waals surface area contributed by atoms with Gasteiger partial charge in [-0.3, -0.25) is 10.1 Å². The van der Waals surface area contributed by atoms with Gasteiger partial charge >= 0.3 is 0 Å². The second kappa shape index (κ2) is 5.42. The molecule has 0 fully saturated rings. The minimum Gasteiger partial charge on any atom is -0.381 e. The summed E-state index contributed by atoms with van der Waals surface area (Å²) in [5.41, 5.74) is 1.04. The van der Waals surface area contributed by atoms with Crippen LogP contribution in [0.1, 0.15) is 23.3 Å². The second-order valence-electron chi connectivity index (χ2n) is 4.00. The second-order valence-corrected chi connectivity index (χ2v) is 4.00. The van der Waals surface area contributed by atoms with Crippen LogP contribution in [0.4, 0.5) is 0 Å². The number of benzene rings is 2. The lowest BCUT2D eigenvalue weighted by molar-refractivity contribution is -0.542. The van der Waals surface area contributed by atoms with Crippen LogP contribution in [0.2, 0.25) is 0 Å². The van der Waals surface area contributed by atoms with E-state index in [1.54, 1.807) is 60.7 Å². The van der Waals surface area contributed by atoms with Gasteiger partial charge in [0.1, 0.15) is 0 Å². The van der Waals surface area contributed by atoms with E-state index >= 15 is 0 Å². The molecule has 0 spiro atoms. The molecule has 0 aromatic heterocycles. The quantitative estimate of drug-likeness (QED) is 0.663. The van der Waals surface area contributed by atoms with Gasteiger partial charge in [0.15, 0.2) is 6.10 Å². The van der Waals surface area contributed by atoms with Gasteiger partial charge in [0.05, 0.1) is 0 Å². The number of aliphatic hydroxyl groups is 1. The van der Waals surface area contributed by atoms with E-state index in [1.165, 1.54) is 0 Å². The lowest BCUT2D eigenvalue weighted by Gasteiger charge is -2.16. The summed E-state index contributed by atoms with van der Waals surface area (Å²) in [5.74, 6) is 0. The SMILES string of the molecule is O=[N+]([O-])C(c1ccccc1)C(O)c1ccccc1. The molecule has 0 saturated carbocycles. The fraction of sp³-hybridized carbons (Fsp3) is 0.143. The van der Waals surface area contributed by atoms with Gasteiger partial charge in [0.2, 0.25) is 0 Å². The Morgan fingerprint density at radius 2 is 1.33 bits per heavy atom. The maximum atomic E-state index is 11.2. The van der Waals surface area contributed by atoms with Gasteiger partial charge < -0.3 is 5.11 Å². The van der Waals surface area contributed by atoms with Crippen LogP contribution in [0.3, 0.4) is 0 Å². The monoisotopic (exact) mass is 243 g/mol. The molecule has 0 radical (unpaired) electrons. The van der Waals surface area contributed by atoms with Crippen LogP contribution in [-0.4, -0.2) is 10.0 Å². The van der Waals surface area contributed by atoms with Crippen LogP contribution in [-0.2, 0) is 0 Å². The van der Waals surface area contributed by atoms with Crippen molar-refractivity contribution in [1.29, 1.82) is 0 Å². The minimum absolute atomic E-state index is 0.451. The zero-order chi connectivity index (χ0) is 13.0. The third kappa shape index (κ3) is 2.55. The van der Waals surface area contributed by atoms with E-state index in [0.717, 1.165) is 0 Å². The molecule has 2 aromatic carbocycles. The molecule has 1 N–H and O–H groups in total. The van der Waals surface area contributed by atoms with Crippen molar-refractivity contribution in [3.8, 4) is 0 Å². The standard InChI is InChI=1S/C14H13NO3/c16-14(12-9-5-2-6-10-12)13(15(17)18)11-7-3-1-4-8-11/h1-10,13-14,16H. The number of hydrogen-bond donors (Lipinski definition) is 1. The predicted octanol–water partition coefficient (Wildman–Crippen LogP) is 2.74. The fourth-order valence-electron chi connectivity index (χ4n) is 1.90.